The molecule has 3 rings (SSSR count). The summed E-state index contributed by atoms with van der Waals surface area (Å²) in [7, 11) is -1.93. The van der Waals surface area contributed by atoms with Gasteiger partial charge in [0.25, 0.3) is 0 Å². The number of rotatable bonds is 5. The fourth-order valence-electron chi connectivity index (χ4n) is 4.74. The Morgan fingerprint density at radius 1 is 1.36 bits per heavy atom. The van der Waals surface area contributed by atoms with Gasteiger partial charge < -0.3 is 4.43 Å². The highest BCUT2D eigenvalue weighted by Crippen LogP contribution is 2.52. The predicted molar refractivity (Wildman–Crippen MR) is 105 cm³/mol. The lowest BCUT2D eigenvalue weighted by Gasteiger charge is -2.48. The molecular formula is C21H29NO2Si. The van der Waals surface area contributed by atoms with Crippen molar-refractivity contribution < 1.29 is 9.22 Å². The van der Waals surface area contributed by atoms with E-state index >= 15 is 0 Å². The van der Waals surface area contributed by atoms with E-state index < -0.39 is 8.32 Å². The summed E-state index contributed by atoms with van der Waals surface area (Å²) in [5, 5.41) is 0. The molecule has 2 heterocycles. The molecule has 1 aliphatic heterocycles. The summed E-state index contributed by atoms with van der Waals surface area (Å²) in [6.45, 7) is 13.1. The Bertz CT molecular complexity index is 685. The van der Waals surface area contributed by atoms with Gasteiger partial charge in [-0.05, 0) is 41.1 Å². The minimum absolute atomic E-state index is 0.00521. The van der Waals surface area contributed by atoms with E-state index in [1.54, 1.807) is 12.4 Å². The SMILES string of the molecule is C=CCC1O[Si](C(C)C)(C(C)C)CC2CC(=O)C(c3cccnc3)=C21. The van der Waals surface area contributed by atoms with Crippen LogP contribution in [0.4, 0.5) is 0 Å². The molecule has 1 aromatic heterocycles. The van der Waals surface area contributed by atoms with Gasteiger partial charge in [-0.2, -0.15) is 0 Å². The molecule has 1 saturated heterocycles. The molecule has 1 aliphatic carbocycles. The van der Waals surface area contributed by atoms with Crippen LogP contribution in [0.1, 0.15) is 46.1 Å². The van der Waals surface area contributed by atoms with E-state index in [2.05, 4.69) is 39.3 Å². The van der Waals surface area contributed by atoms with Gasteiger partial charge in [-0.3, -0.25) is 9.78 Å². The van der Waals surface area contributed by atoms with Crippen LogP contribution in [-0.4, -0.2) is 25.2 Å². The summed E-state index contributed by atoms with van der Waals surface area (Å²) in [6, 6.07) is 4.95. The molecule has 2 atom stereocenters. The Labute approximate surface area is 152 Å². The number of fused-ring (bicyclic) bond motifs is 1. The molecule has 0 spiro atoms. The predicted octanol–water partition coefficient (Wildman–Crippen LogP) is 5.16. The average Bonchev–Trinajstić information content (AvgIpc) is 2.91. The maximum Gasteiger partial charge on any atom is 0.199 e. The standard InChI is InChI=1S/C21H29NO2Si/c1-6-8-19-21-17(13-25(24-19,14(2)3)15(4)5)11-18(23)20(21)16-9-7-10-22-12-16/h6-7,9-10,12,14-15,17,19H,1,8,11,13H2,2-5H3. The van der Waals surface area contributed by atoms with E-state index in [0.29, 0.717) is 23.4 Å². The second kappa shape index (κ2) is 7.00. The number of pyridine rings is 1. The van der Waals surface area contributed by atoms with Gasteiger partial charge in [0.2, 0.25) is 0 Å². The molecule has 134 valence electrons. The highest BCUT2D eigenvalue weighted by atomic mass is 28.4. The summed E-state index contributed by atoms with van der Waals surface area (Å²) in [5.41, 5.74) is 4.09. The second-order valence-corrected chi connectivity index (χ2v) is 12.9. The molecule has 1 fully saturated rings. The highest BCUT2D eigenvalue weighted by Gasteiger charge is 2.53. The van der Waals surface area contributed by atoms with Gasteiger partial charge in [-0.15, -0.1) is 6.58 Å². The first-order chi connectivity index (χ1) is 11.9. The molecule has 1 aromatic rings. The molecule has 0 aromatic carbocycles. The molecule has 0 amide bonds. The van der Waals surface area contributed by atoms with E-state index in [1.807, 2.05) is 18.2 Å². The lowest BCUT2D eigenvalue weighted by atomic mass is 9.93. The van der Waals surface area contributed by atoms with E-state index in [1.165, 1.54) is 5.57 Å². The van der Waals surface area contributed by atoms with Gasteiger partial charge in [0.15, 0.2) is 14.1 Å². The van der Waals surface area contributed by atoms with Gasteiger partial charge in [0, 0.05) is 30.0 Å². The number of aromatic nitrogens is 1. The van der Waals surface area contributed by atoms with Crippen molar-refractivity contribution in [3.8, 4) is 0 Å². The van der Waals surface area contributed by atoms with Crippen LogP contribution in [0.25, 0.3) is 5.57 Å². The van der Waals surface area contributed by atoms with Crippen LogP contribution in [0.5, 0.6) is 0 Å². The summed E-state index contributed by atoms with van der Waals surface area (Å²) >= 11 is 0. The van der Waals surface area contributed by atoms with E-state index in [-0.39, 0.29) is 11.9 Å². The third-order valence-electron chi connectivity index (χ3n) is 6.00. The fourth-order valence-corrected chi connectivity index (χ4v) is 9.55. The number of hydrogen-bond acceptors (Lipinski definition) is 3. The molecule has 2 aliphatic rings. The molecule has 25 heavy (non-hydrogen) atoms. The molecule has 4 heteroatoms. The first-order valence-corrected chi connectivity index (χ1v) is 11.6. The Hall–Kier alpha value is -1.52. The van der Waals surface area contributed by atoms with Gasteiger partial charge in [0.1, 0.15) is 0 Å². The Kier molecular flexibility index (Phi) is 5.12. The van der Waals surface area contributed by atoms with Crippen LogP contribution in [0.15, 0.2) is 42.8 Å². The zero-order chi connectivity index (χ0) is 18.2. The van der Waals surface area contributed by atoms with Crippen molar-refractivity contribution in [2.24, 2.45) is 5.92 Å². The van der Waals surface area contributed by atoms with Crippen LogP contribution < -0.4 is 0 Å². The minimum Gasteiger partial charge on any atom is -0.409 e. The number of ketones is 1. The van der Waals surface area contributed by atoms with Crippen molar-refractivity contribution in [1.29, 1.82) is 0 Å². The Balaban J connectivity index is 2.10. The maximum atomic E-state index is 12.9. The smallest absolute Gasteiger partial charge is 0.199 e. The topological polar surface area (TPSA) is 39.2 Å². The van der Waals surface area contributed by atoms with Gasteiger partial charge in [0.05, 0.1) is 6.10 Å². The maximum absolute atomic E-state index is 12.9. The second-order valence-electron chi connectivity index (χ2n) is 8.00. The molecule has 0 saturated carbocycles. The van der Waals surface area contributed by atoms with Crippen molar-refractivity contribution in [3.05, 3.63) is 48.3 Å². The number of carbonyl (C=O) groups is 1. The molecular weight excluding hydrogens is 326 g/mol. The number of carbonyl (C=O) groups excluding carboxylic acids is 1. The monoisotopic (exact) mass is 355 g/mol. The average molecular weight is 356 g/mol. The Morgan fingerprint density at radius 3 is 2.64 bits per heavy atom. The summed E-state index contributed by atoms with van der Waals surface area (Å²) in [6.07, 6.45) is 6.89. The van der Waals surface area contributed by atoms with Crippen LogP contribution in [0.2, 0.25) is 17.1 Å². The molecule has 0 N–H and O–H groups in total. The molecule has 3 nitrogen and oxygen atoms in total. The number of Topliss-reactive ketones (excluding diaryl/α,β-unsaturated/α-hetero) is 1. The van der Waals surface area contributed by atoms with E-state index in [4.69, 9.17) is 4.43 Å². The zero-order valence-electron chi connectivity index (χ0n) is 15.8. The molecule has 0 radical (unpaired) electrons. The summed E-state index contributed by atoms with van der Waals surface area (Å²) < 4.78 is 6.89. The van der Waals surface area contributed by atoms with Crippen LogP contribution >= 0.6 is 0 Å². The zero-order valence-corrected chi connectivity index (χ0v) is 16.8. The first kappa shape index (κ1) is 18.3. The van der Waals surface area contributed by atoms with Crippen molar-refractivity contribution in [1.82, 2.24) is 4.98 Å². The van der Waals surface area contributed by atoms with Crippen LogP contribution in [0, 0.1) is 5.92 Å². The minimum atomic E-state index is -1.93. The van der Waals surface area contributed by atoms with Crippen LogP contribution in [-0.2, 0) is 9.22 Å². The third-order valence-corrected chi connectivity index (χ3v) is 11.8. The summed E-state index contributed by atoms with van der Waals surface area (Å²) in [5.74, 6) is 0.584. The quantitative estimate of drug-likeness (QED) is 0.540. The molecule has 2 unspecified atom stereocenters. The van der Waals surface area contributed by atoms with Crippen molar-refractivity contribution in [2.75, 3.05) is 0 Å². The van der Waals surface area contributed by atoms with Crippen LogP contribution in [0.3, 0.4) is 0 Å². The van der Waals surface area contributed by atoms with Gasteiger partial charge >= 0.3 is 0 Å². The number of nitrogens with zero attached hydrogens (tertiary/aromatic N) is 1. The van der Waals surface area contributed by atoms with Crippen molar-refractivity contribution in [3.63, 3.8) is 0 Å². The van der Waals surface area contributed by atoms with Gasteiger partial charge in [-0.1, -0.05) is 39.8 Å². The van der Waals surface area contributed by atoms with Crippen molar-refractivity contribution in [2.45, 2.75) is 63.8 Å². The lowest BCUT2D eigenvalue weighted by Crippen LogP contribution is -2.53. The number of allylic oxidation sites excluding steroid dienone is 1. The van der Waals surface area contributed by atoms with Crippen molar-refractivity contribution >= 4 is 19.7 Å². The summed E-state index contributed by atoms with van der Waals surface area (Å²) in [4.78, 5) is 17.1. The third kappa shape index (κ3) is 3.06. The van der Waals surface area contributed by atoms with Gasteiger partial charge in [-0.25, -0.2) is 0 Å². The highest BCUT2D eigenvalue weighted by molar-refractivity contribution is 6.76. The Morgan fingerprint density at radius 2 is 2.08 bits per heavy atom. The van der Waals surface area contributed by atoms with E-state index in [9.17, 15) is 4.79 Å². The number of hydrogen-bond donors (Lipinski definition) is 0. The largest absolute Gasteiger partial charge is 0.409 e. The first-order valence-electron chi connectivity index (χ1n) is 9.37. The lowest BCUT2D eigenvalue weighted by molar-refractivity contribution is -0.113. The van der Waals surface area contributed by atoms with E-state index in [0.717, 1.165) is 23.6 Å². The fraction of sp³-hybridized carbons (Fsp3) is 0.524. The molecule has 0 bridgehead atoms. The normalized spacial score (nSPS) is 25.6.